The summed E-state index contributed by atoms with van der Waals surface area (Å²) < 4.78 is 28.8. The van der Waals surface area contributed by atoms with Crippen molar-refractivity contribution in [2.45, 2.75) is 0 Å². The molecule has 0 aliphatic heterocycles. The fourth-order valence-corrected chi connectivity index (χ4v) is 0. The summed E-state index contributed by atoms with van der Waals surface area (Å²) in [5.74, 6) is 0. The molecule has 0 fully saturated rings. The molecule has 0 spiro atoms. The van der Waals surface area contributed by atoms with Crippen LogP contribution in [0.1, 0.15) is 0 Å². The fourth-order valence-electron chi connectivity index (χ4n) is 0. The van der Waals surface area contributed by atoms with Gasteiger partial charge in [-0.25, -0.2) is 0 Å². The molecule has 13 heavy (non-hydrogen) atoms. The third kappa shape index (κ3) is 433. The van der Waals surface area contributed by atoms with Crippen molar-refractivity contribution >= 4 is 77.3 Å². The average Bonchev–Trinajstić information content (AvgIpc) is 1.39. The molecule has 0 atom stereocenters. The van der Waals surface area contributed by atoms with Gasteiger partial charge in [0, 0.05) is 46.1 Å². The smallest absolute Gasteiger partial charge is 0 e. The minimum Gasteiger partial charge on any atom is 0 e. The van der Waals surface area contributed by atoms with Crippen LogP contribution in [0.2, 0.25) is 0 Å². The first-order valence-electron chi connectivity index (χ1n) is 0.730. The van der Waals surface area contributed by atoms with Crippen LogP contribution in [0.25, 0.3) is 0 Å². The summed E-state index contributed by atoms with van der Waals surface area (Å²) in [5, 5.41) is 0. The Balaban J connectivity index is -0.00000000229. The van der Waals surface area contributed by atoms with Gasteiger partial charge in [0.2, 0.25) is 0 Å². The van der Waals surface area contributed by atoms with Crippen molar-refractivity contribution in [2.75, 3.05) is 0 Å². The maximum atomic E-state index is 7.19. The van der Waals surface area contributed by atoms with Crippen molar-refractivity contribution in [1.82, 2.24) is 0 Å². The van der Waals surface area contributed by atoms with Crippen molar-refractivity contribution in [3.8, 4) is 0 Å². The summed E-state index contributed by atoms with van der Waals surface area (Å²) in [4.78, 5) is 0. The van der Waals surface area contributed by atoms with Crippen LogP contribution < -0.4 is 0 Å². The molecule has 0 amide bonds. The molecule has 0 aromatic carbocycles. The van der Waals surface area contributed by atoms with Crippen LogP contribution in [0.3, 0.4) is 0 Å². The van der Waals surface area contributed by atoms with Crippen LogP contribution in [0, 0.1) is 0 Å². The molecule has 0 unspecified atom stereocenters. The standard InChI is InChI=1S/2Mg.2H2O2Se.5H2O/c;;2*1-3-2;;;;;/h;;2*1-2H;5*1H2. The van der Waals surface area contributed by atoms with Crippen LogP contribution in [0.5, 0.6) is 0 Å². The maximum absolute atomic E-state index is 7.19. The number of rotatable bonds is 0. The van der Waals surface area contributed by atoms with Gasteiger partial charge in [0.15, 0.2) is 0 Å². The molecule has 0 bridgehead atoms. The van der Waals surface area contributed by atoms with Crippen LogP contribution in [0.15, 0.2) is 0 Å². The van der Waals surface area contributed by atoms with Gasteiger partial charge in [0.25, 0.3) is 0 Å². The van der Waals surface area contributed by atoms with Crippen LogP contribution >= 0.6 is 0 Å². The Morgan fingerprint density at radius 2 is 0.462 bits per heavy atom. The first-order chi connectivity index (χ1) is 2.83. The van der Waals surface area contributed by atoms with Gasteiger partial charge < -0.3 is 27.4 Å². The molecular formula is H14Mg2O9Se2. The largest absolute Gasteiger partial charge is 0 e. The first kappa shape index (κ1) is 79.6. The van der Waals surface area contributed by atoms with E-state index in [0.717, 1.165) is 0 Å². The normalized spacial score (nSPS) is 2.77. The van der Waals surface area contributed by atoms with E-state index in [4.69, 9.17) is 16.8 Å². The molecule has 84 valence electrons. The molecule has 0 heterocycles. The van der Waals surface area contributed by atoms with Crippen molar-refractivity contribution in [2.24, 2.45) is 0 Å². The Bertz CT molecular complexity index is 17.6. The predicted octanol–water partition coefficient (Wildman–Crippen LogP) is -7.87. The summed E-state index contributed by atoms with van der Waals surface area (Å²) in [5.41, 5.74) is 0. The second kappa shape index (κ2) is 140. The summed E-state index contributed by atoms with van der Waals surface area (Å²) in [7, 11) is 0. The van der Waals surface area contributed by atoms with Gasteiger partial charge in [-0.15, -0.1) is 0 Å². The molecule has 0 rings (SSSR count). The van der Waals surface area contributed by atoms with Crippen molar-refractivity contribution in [3.05, 3.63) is 0 Å². The van der Waals surface area contributed by atoms with Gasteiger partial charge >= 0.3 is 48.0 Å². The zero-order valence-corrected chi connectivity index (χ0v) is 12.8. The minimum absolute atomic E-state index is 0. The van der Waals surface area contributed by atoms with Gasteiger partial charge in [-0.3, -0.25) is 0 Å². The Labute approximate surface area is 120 Å². The van der Waals surface area contributed by atoms with Gasteiger partial charge in [-0.05, 0) is 0 Å². The maximum Gasteiger partial charge on any atom is 0 e. The van der Waals surface area contributed by atoms with E-state index in [1.54, 1.807) is 0 Å². The SMILES string of the molecule is O.O.O.O.O.O[Se]O.O[Se]O.[Mg].[Mg]. The van der Waals surface area contributed by atoms with Crippen molar-refractivity contribution in [1.29, 1.82) is 0 Å². The third-order valence-electron chi connectivity index (χ3n) is 0. The summed E-state index contributed by atoms with van der Waals surface area (Å²) >= 11 is -2.25. The molecule has 9 nitrogen and oxygen atoms in total. The molecule has 0 aliphatic rings. The van der Waals surface area contributed by atoms with E-state index in [9.17, 15) is 0 Å². The van der Waals surface area contributed by atoms with Gasteiger partial charge in [-0.2, -0.15) is 0 Å². The molecule has 0 saturated heterocycles. The minimum atomic E-state index is -1.12. The number of hydrogen-bond acceptors (Lipinski definition) is 4. The number of hydrogen-bond donors (Lipinski definition) is 4. The molecule has 0 aromatic heterocycles. The molecule has 4 radical (unpaired) electrons. The second-order valence-electron chi connectivity index (χ2n) is 0.163. The summed E-state index contributed by atoms with van der Waals surface area (Å²) in [6.45, 7) is 0. The van der Waals surface area contributed by atoms with E-state index in [1.165, 1.54) is 0 Å². The van der Waals surface area contributed by atoms with Crippen molar-refractivity contribution in [3.63, 3.8) is 0 Å². The molecule has 14 N–H and O–H groups in total. The second-order valence-corrected chi connectivity index (χ2v) is 0.849. The zero-order chi connectivity index (χ0) is 5.41. The fraction of sp³-hybridized carbons (Fsp3) is 0. The molecule has 0 aromatic rings. The predicted molar refractivity (Wildman–Crippen MR) is 50.0 cm³/mol. The molecule has 13 heteroatoms. The molecule has 0 aliphatic carbocycles. The van der Waals surface area contributed by atoms with E-state index in [1.807, 2.05) is 0 Å². The van der Waals surface area contributed by atoms with Gasteiger partial charge in [0.05, 0.1) is 0 Å². The Kier molecular flexibility index (Phi) is 857. The van der Waals surface area contributed by atoms with E-state index in [2.05, 4.69) is 0 Å². The van der Waals surface area contributed by atoms with Crippen LogP contribution in [-0.4, -0.2) is 121 Å². The quantitative estimate of drug-likeness (QED) is 0.306. The van der Waals surface area contributed by atoms with E-state index >= 15 is 0 Å². The Hall–Kier alpha value is 2.21. The van der Waals surface area contributed by atoms with E-state index in [0.29, 0.717) is 0 Å². The van der Waals surface area contributed by atoms with E-state index in [-0.39, 0.29) is 73.5 Å². The first-order valence-corrected chi connectivity index (χ1v) is 3.79. The summed E-state index contributed by atoms with van der Waals surface area (Å²) in [6.07, 6.45) is 0. The topological polar surface area (TPSA) is 238 Å². The third-order valence-corrected chi connectivity index (χ3v) is 0. The monoisotopic (exact) mass is 366 g/mol. The Morgan fingerprint density at radius 1 is 0.462 bits per heavy atom. The average molecular weight is 365 g/mol. The summed E-state index contributed by atoms with van der Waals surface area (Å²) in [6, 6.07) is 0. The molecule has 0 saturated carbocycles. The van der Waals surface area contributed by atoms with E-state index < -0.39 is 31.2 Å². The zero-order valence-electron chi connectivity index (χ0n) is 6.52. The van der Waals surface area contributed by atoms with Crippen LogP contribution in [0.4, 0.5) is 0 Å². The Morgan fingerprint density at radius 3 is 0.462 bits per heavy atom. The van der Waals surface area contributed by atoms with Gasteiger partial charge in [0.1, 0.15) is 0 Å². The van der Waals surface area contributed by atoms with Gasteiger partial charge in [-0.1, -0.05) is 0 Å². The molecular weight excluding hydrogens is 351 g/mol. The van der Waals surface area contributed by atoms with Crippen molar-refractivity contribution < 1.29 is 44.1 Å². The van der Waals surface area contributed by atoms with Crippen LogP contribution in [-0.2, 0) is 0 Å².